The number of carboxylic acid groups (broad SMARTS) is 1. The van der Waals surface area contributed by atoms with Crippen molar-refractivity contribution in [3.05, 3.63) is 28.0 Å². The molecule has 8 heteroatoms. The number of thiophene rings is 1. The highest BCUT2D eigenvalue weighted by Crippen LogP contribution is 2.39. The zero-order valence-corrected chi connectivity index (χ0v) is 25.2. The van der Waals surface area contributed by atoms with Crippen LogP contribution in [-0.4, -0.2) is 41.3 Å². The van der Waals surface area contributed by atoms with Gasteiger partial charge in [-0.15, -0.1) is 11.3 Å². The molecule has 3 aliphatic carbocycles. The van der Waals surface area contributed by atoms with Crippen LogP contribution < -0.4 is 10.2 Å². The van der Waals surface area contributed by atoms with E-state index in [1.54, 1.807) is 11.0 Å². The Hall–Kier alpha value is -2.79. The van der Waals surface area contributed by atoms with E-state index in [1.807, 2.05) is 20.8 Å². The number of nitrogens with zero attached hydrogens (tertiary/aromatic N) is 1. The molecule has 1 aromatic rings. The lowest BCUT2D eigenvalue weighted by Gasteiger charge is -2.39. The van der Waals surface area contributed by atoms with E-state index < -0.39 is 5.97 Å². The number of amides is 2. The predicted molar refractivity (Wildman–Crippen MR) is 159 cm³/mol. The summed E-state index contributed by atoms with van der Waals surface area (Å²) in [4.78, 5) is 41.6. The maximum Gasteiger partial charge on any atom is 0.407 e. The van der Waals surface area contributed by atoms with E-state index in [0.717, 1.165) is 61.9 Å². The van der Waals surface area contributed by atoms with Crippen LogP contribution in [0.2, 0.25) is 0 Å². The molecule has 1 heterocycles. The van der Waals surface area contributed by atoms with E-state index in [4.69, 9.17) is 4.74 Å². The molecule has 2 amide bonds. The van der Waals surface area contributed by atoms with Gasteiger partial charge in [-0.05, 0) is 97.0 Å². The summed E-state index contributed by atoms with van der Waals surface area (Å²) < 4.78 is 5.59. The minimum absolute atomic E-state index is 0.0276. The second-order valence-electron chi connectivity index (χ2n) is 13.0. The fourth-order valence-electron chi connectivity index (χ4n) is 6.05. The minimum Gasteiger partial charge on any atom is -0.477 e. The third kappa shape index (κ3) is 7.90. The van der Waals surface area contributed by atoms with Gasteiger partial charge in [0.15, 0.2) is 0 Å². The highest BCUT2D eigenvalue weighted by atomic mass is 32.1. The average molecular weight is 569 g/mol. The third-order valence-corrected chi connectivity index (χ3v) is 9.35. The monoisotopic (exact) mass is 568 g/mol. The van der Waals surface area contributed by atoms with Crippen LogP contribution in [0.15, 0.2) is 18.2 Å². The summed E-state index contributed by atoms with van der Waals surface area (Å²) in [6.45, 7) is 12.2. The van der Waals surface area contributed by atoms with Crippen molar-refractivity contribution in [2.75, 3.05) is 4.90 Å². The topological polar surface area (TPSA) is 95.9 Å². The van der Waals surface area contributed by atoms with Crippen molar-refractivity contribution in [1.29, 1.82) is 0 Å². The smallest absolute Gasteiger partial charge is 0.407 e. The summed E-state index contributed by atoms with van der Waals surface area (Å²) in [6, 6.07) is 1.64. The molecule has 0 saturated heterocycles. The Morgan fingerprint density at radius 1 is 1.07 bits per heavy atom. The number of anilines is 1. The van der Waals surface area contributed by atoms with Crippen molar-refractivity contribution in [3.8, 4) is 11.8 Å². The van der Waals surface area contributed by atoms with Crippen LogP contribution in [-0.2, 0) is 9.53 Å². The highest BCUT2D eigenvalue weighted by Gasteiger charge is 2.38. The zero-order chi connectivity index (χ0) is 29.0. The molecule has 218 valence electrons. The number of hydrogen-bond donors (Lipinski definition) is 2. The van der Waals surface area contributed by atoms with Gasteiger partial charge in [0.1, 0.15) is 11.0 Å². The van der Waals surface area contributed by atoms with Crippen molar-refractivity contribution in [2.45, 2.75) is 117 Å². The largest absolute Gasteiger partial charge is 0.477 e. The number of carboxylic acids is 1. The lowest BCUT2D eigenvalue weighted by atomic mass is 9.81. The van der Waals surface area contributed by atoms with Crippen molar-refractivity contribution >= 4 is 35.0 Å². The van der Waals surface area contributed by atoms with Crippen molar-refractivity contribution < 1.29 is 24.2 Å². The number of carbonyl (C=O) groups excluding carboxylic acids is 2. The number of hydrogen-bond acceptors (Lipinski definition) is 5. The molecular weight excluding hydrogens is 524 g/mol. The normalized spacial score (nSPS) is 26.9. The Balaban J connectivity index is 1.52. The van der Waals surface area contributed by atoms with Gasteiger partial charge < -0.3 is 20.1 Å². The van der Waals surface area contributed by atoms with Gasteiger partial charge in [-0.2, -0.15) is 0 Å². The summed E-state index contributed by atoms with van der Waals surface area (Å²) in [6.07, 6.45) is 8.40. The molecule has 40 heavy (non-hydrogen) atoms. The maximum absolute atomic E-state index is 14.1. The molecule has 0 radical (unpaired) electrons. The quantitative estimate of drug-likeness (QED) is 0.281. The van der Waals surface area contributed by atoms with Gasteiger partial charge in [0.25, 0.3) is 0 Å². The average Bonchev–Trinajstić information content (AvgIpc) is 3.50. The molecular formula is C32H44N2O5S. The number of ether oxygens (including phenoxy) is 1. The molecule has 1 atom stereocenters. The third-order valence-electron chi connectivity index (χ3n) is 8.32. The van der Waals surface area contributed by atoms with Crippen LogP contribution in [0.3, 0.4) is 0 Å². The first-order valence-corrected chi connectivity index (χ1v) is 15.6. The standard InChI is InChI=1S/C32H44N2O5S/c1-20-6-9-22(10-7-20)29(35)34(27-19-26(16-17-32(3,4)5)40-28(27)30(36)37)24-13-11-23(12-14-24)33-31(38)39-25-15-8-21(2)18-25/h19-20,22-25H,2,6-15,18H2,1,3-5H3,(H,33,38)(H,36,37). The molecule has 4 rings (SSSR count). The fraction of sp³-hybridized carbons (Fsp3) is 0.656. The Kier molecular flexibility index (Phi) is 9.66. The Bertz CT molecular complexity index is 1170. The van der Waals surface area contributed by atoms with Crippen LogP contribution in [0.25, 0.3) is 0 Å². The predicted octanol–water partition coefficient (Wildman–Crippen LogP) is 7.15. The van der Waals surface area contributed by atoms with Gasteiger partial charge in [-0.25, -0.2) is 9.59 Å². The first-order chi connectivity index (χ1) is 18.9. The van der Waals surface area contributed by atoms with Crippen LogP contribution >= 0.6 is 11.3 Å². The summed E-state index contributed by atoms with van der Waals surface area (Å²) >= 11 is 1.14. The van der Waals surface area contributed by atoms with Crippen molar-refractivity contribution in [2.24, 2.45) is 17.3 Å². The SMILES string of the molecule is C=C1CCC(OC(=O)NC2CCC(N(C(=O)C3CCC(C)CC3)c3cc(C#CC(C)(C)C)sc3C(=O)O)CC2)C1. The van der Waals surface area contributed by atoms with Crippen molar-refractivity contribution in [3.63, 3.8) is 0 Å². The lowest BCUT2D eigenvalue weighted by molar-refractivity contribution is -0.124. The number of carbonyl (C=O) groups is 3. The highest BCUT2D eigenvalue weighted by molar-refractivity contribution is 7.15. The lowest BCUT2D eigenvalue weighted by Crippen LogP contribution is -2.49. The van der Waals surface area contributed by atoms with E-state index in [0.29, 0.717) is 42.2 Å². The van der Waals surface area contributed by atoms with Gasteiger partial charge in [-0.3, -0.25) is 4.79 Å². The fourth-order valence-corrected chi connectivity index (χ4v) is 6.89. The first kappa shape index (κ1) is 30.2. The van der Waals surface area contributed by atoms with Crippen molar-refractivity contribution in [1.82, 2.24) is 5.32 Å². The molecule has 0 aromatic carbocycles. The van der Waals surface area contributed by atoms with E-state index in [-0.39, 0.29) is 46.4 Å². The van der Waals surface area contributed by atoms with Crippen LogP contribution in [0.5, 0.6) is 0 Å². The maximum atomic E-state index is 14.1. The Morgan fingerprint density at radius 3 is 2.33 bits per heavy atom. The van der Waals surface area contributed by atoms with Gasteiger partial charge >= 0.3 is 12.1 Å². The van der Waals surface area contributed by atoms with E-state index in [1.165, 1.54) is 0 Å². The number of alkyl carbamates (subject to hydrolysis) is 1. The van der Waals surface area contributed by atoms with E-state index in [2.05, 4.69) is 30.7 Å². The molecule has 0 aliphatic heterocycles. The van der Waals surface area contributed by atoms with Gasteiger partial charge in [0.2, 0.25) is 5.91 Å². The molecule has 3 fully saturated rings. The van der Waals surface area contributed by atoms with E-state index >= 15 is 0 Å². The van der Waals surface area contributed by atoms with Crippen LogP contribution in [0, 0.1) is 29.1 Å². The molecule has 3 saturated carbocycles. The second-order valence-corrected chi connectivity index (χ2v) is 14.0. The van der Waals surface area contributed by atoms with Gasteiger partial charge in [0.05, 0.1) is 10.6 Å². The minimum atomic E-state index is -1.04. The molecule has 1 unspecified atom stereocenters. The Morgan fingerprint density at radius 2 is 1.75 bits per heavy atom. The molecule has 1 aromatic heterocycles. The summed E-state index contributed by atoms with van der Waals surface area (Å²) in [5, 5.41) is 13.1. The molecule has 2 N–H and O–H groups in total. The van der Waals surface area contributed by atoms with Crippen LogP contribution in [0.1, 0.15) is 113 Å². The first-order valence-electron chi connectivity index (χ1n) is 14.8. The summed E-state index contributed by atoms with van der Waals surface area (Å²) in [5.74, 6) is 5.83. The second kappa shape index (κ2) is 12.8. The molecule has 0 spiro atoms. The number of nitrogens with one attached hydrogen (secondary N) is 1. The number of aromatic carboxylic acids is 1. The van der Waals surface area contributed by atoms with Gasteiger partial charge in [-0.1, -0.05) is 30.9 Å². The Labute approximate surface area is 242 Å². The van der Waals surface area contributed by atoms with Crippen LogP contribution in [0.4, 0.5) is 10.5 Å². The van der Waals surface area contributed by atoms with E-state index in [9.17, 15) is 19.5 Å². The summed E-state index contributed by atoms with van der Waals surface area (Å²) in [5.41, 5.74) is 1.37. The molecule has 0 bridgehead atoms. The number of rotatable bonds is 6. The van der Waals surface area contributed by atoms with Gasteiger partial charge in [0, 0.05) is 29.8 Å². The summed E-state index contributed by atoms with van der Waals surface area (Å²) in [7, 11) is 0. The molecule has 7 nitrogen and oxygen atoms in total. The zero-order valence-electron chi connectivity index (χ0n) is 24.4. The molecule has 3 aliphatic rings.